The number of sulfonamides is 1. The van der Waals surface area contributed by atoms with Gasteiger partial charge in [0, 0.05) is 30.9 Å². The van der Waals surface area contributed by atoms with Gasteiger partial charge in [-0.15, -0.1) is 0 Å². The van der Waals surface area contributed by atoms with Crippen LogP contribution in [0.2, 0.25) is 5.02 Å². The number of alkyl halides is 3. The minimum atomic E-state index is -4.51. The Kier molecular flexibility index (Phi) is 5.77. The third-order valence-corrected chi connectivity index (χ3v) is 8.65. The third kappa shape index (κ3) is 4.05. The first-order valence-corrected chi connectivity index (χ1v) is 12.1. The van der Waals surface area contributed by atoms with E-state index < -0.39 is 21.8 Å². The molecule has 2 aromatic carbocycles. The van der Waals surface area contributed by atoms with Gasteiger partial charge >= 0.3 is 6.18 Å². The highest BCUT2D eigenvalue weighted by Crippen LogP contribution is 2.38. The lowest BCUT2D eigenvalue weighted by molar-refractivity contribution is -0.137. The third-order valence-electron chi connectivity index (χ3n) is 6.12. The van der Waals surface area contributed by atoms with Crippen LogP contribution >= 0.6 is 11.6 Å². The molecule has 2 aliphatic rings. The Balaban J connectivity index is 1.61. The molecule has 2 aromatic rings. The number of anilines is 1. The Morgan fingerprint density at radius 2 is 1.71 bits per heavy atom. The molecular weight excluding hydrogens is 449 g/mol. The Labute approximate surface area is 185 Å². The lowest BCUT2D eigenvalue weighted by Gasteiger charge is -2.44. The van der Waals surface area contributed by atoms with Crippen molar-refractivity contribution >= 4 is 27.3 Å². The fourth-order valence-corrected chi connectivity index (χ4v) is 7.25. The van der Waals surface area contributed by atoms with E-state index in [2.05, 4.69) is 0 Å². The SMILES string of the molecule is C[C@@H]1CN(c2ccc(C(F)(F)F)c(Cl)c2)C[C@H](C)N1S(=O)(=O)c1cccc2c1CCC2. The smallest absolute Gasteiger partial charge is 0.368 e. The first kappa shape index (κ1) is 22.4. The van der Waals surface area contributed by atoms with Crippen molar-refractivity contribution in [3.8, 4) is 0 Å². The molecule has 1 heterocycles. The highest BCUT2D eigenvalue weighted by atomic mass is 35.5. The molecule has 1 aliphatic heterocycles. The van der Waals surface area contributed by atoms with Crippen molar-refractivity contribution in [3.63, 3.8) is 0 Å². The van der Waals surface area contributed by atoms with Gasteiger partial charge in [-0.2, -0.15) is 17.5 Å². The summed E-state index contributed by atoms with van der Waals surface area (Å²) in [7, 11) is -3.69. The minimum absolute atomic E-state index is 0.355. The van der Waals surface area contributed by atoms with E-state index in [0.29, 0.717) is 23.7 Å². The molecule has 1 aliphatic carbocycles. The Morgan fingerprint density at radius 1 is 1.03 bits per heavy atom. The van der Waals surface area contributed by atoms with Gasteiger partial charge in [-0.25, -0.2) is 8.42 Å². The van der Waals surface area contributed by atoms with Gasteiger partial charge in [0.25, 0.3) is 0 Å². The average molecular weight is 473 g/mol. The summed E-state index contributed by atoms with van der Waals surface area (Å²) < 4.78 is 67.7. The monoisotopic (exact) mass is 472 g/mol. The summed E-state index contributed by atoms with van der Waals surface area (Å²) in [6.07, 6.45) is -1.90. The molecule has 1 saturated heterocycles. The van der Waals surface area contributed by atoms with E-state index >= 15 is 0 Å². The number of rotatable bonds is 3. The van der Waals surface area contributed by atoms with Gasteiger partial charge in [0.05, 0.1) is 15.5 Å². The summed E-state index contributed by atoms with van der Waals surface area (Å²) in [4.78, 5) is 2.27. The van der Waals surface area contributed by atoms with Crippen LogP contribution in [-0.2, 0) is 29.0 Å². The predicted octanol–water partition coefficient (Wildman–Crippen LogP) is 5.14. The van der Waals surface area contributed by atoms with Gasteiger partial charge < -0.3 is 4.90 Å². The van der Waals surface area contributed by atoms with Gasteiger partial charge in [0.15, 0.2) is 0 Å². The summed E-state index contributed by atoms with van der Waals surface area (Å²) in [5, 5.41) is -0.361. The molecule has 9 heteroatoms. The van der Waals surface area contributed by atoms with Gasteiger partial charge in [-0.1, -0.05) is 23.7 Å². The predicted molar refractivity (Wildman–Crippen MR) is 115 cm³/mol. The van der Waals surface area contributed by atoms with Crippen molar-refractivity contribution in [1.82, 2.24) is 4.31 Å². The zero-order chi connectivity index (χ0) is 22.6. The van der Waals surface area contributed by atoms with Crippen LogP contribution in [0.25, 0.3) is 0 Å². The highest BCUT2D eigenvalue weighted by Gasteiger charge is 2.40. The zero-order valence-corrected chi connectivity index (χ0v) is 18.9. The fraction of sp³-hybridized carbons (Fsp3) is 0.455. The number of hydrogen-bond acceptors (Lipinski definition) is 3. The van der Waals surface area contributed by atoms with Crippen LogP contribution in [0.15, 0.2) is 41.3 Å². The van der Waals surface area contributed by atoms with E-state index in [1.165, 1.54) is 12.1 Å². The van der Waals surface area contributed by atoms with Crippen LogP contribution in [0.4, 0.5) is 18.9 Å². The van der Waals surface area contributed by atoms with E-state index in [0.717, 1.165) is 36.5 Å². The zero-order valence-electron chi connectivity index (χ0n) is 17.3. The quantitative estimate of drug-likeness (QED) is 0.621. The van der Waals surface area contributed by atoms with Crippen LogP contribution in [0.3, 0.4) is 0 Å². The van der Waals surface area contributed by atoms with E-state index in [1.807, 2.05) is 24.8 Å². The number of hydrogen-bond donors (Lipinski definition) is 0. The molecule has 0 saturated carbocycles. The Morgan fingerprint density at radius 3 is 2.32 bits per heavy atom. The second-order valence-electron chi connectivity index (χ2n) is 8.35. The number of piperazine rings is 1. The summed E-state index contributed by atoms with van der Waals surface area (Å²) in [6.45, 7) is 4.38. The normalized spacial score (nSPS) is 22.6. The molecule has 0 spiro atoms. The summed E-state index contributed by atoms with van der Waals surface area (Å²) in [5.41, 5.74) is 1.69. The maximum atomic E-state index is 13.6. The summed E-state index contributed by atoms with van der Waals surface area (Å²) in [5.74, 6) is 0. The standard InChI is InChI=1S/C22H24ClF3N2O2S/c1-14-12-27(17-9-10-19(20(23)11-17)22(24,25)26)13-15(2)28(14)31(29,30)21-8-4-6-16-5-3-7-18(16)21/h4,6,8-11,14-15H,3,5,7,12-13H2,1-2H3/t14-,15+. The molecule has 2 atom stereocenters. The van der Waals surface area contributed by atoms with Gasteiger partial charge in [-0.3, -0.25) is 0 Å². The largest absolute Gasteiger partial charge is 0.417 e. The molecule has 0 radical (unpaired) electrons. The molecule has 31 heavy (non-hydrogen) atoms. The first-order valence-electron chi connectivity index (χ1n) is 10.3. The van der Waals surface area contributed by atoms with Crippen LogP contribution in [0, 0.1) is 0 Å². The van der Waals surface area contributed by atoms with Crippen LogP contribution in [-0.4, -0.2) is 37.9 Å². The first-order chi connectivity index (χ1) is 14.5. The van der Waals surface area contributed by atoms with Crippen molar-refractivity contribution in [1.29, 1.82) is 0 Å². The molecular formula is C22H24ClF3N2O2S. The second kappa shape index (κ2) is 7.98. The summed E-state index contributed by atoms with van der Waals surface area (Å²) in [6, 6.07) is 8.43. The molecule has 0 aromatic heterocycles. The van der Waals surface area contributed by atoms with Crippen LogP contribution in [0.5, 0.6) is 0 Å². The lowest BCUT2D eigenvalue weighted by atomic mass is 10.1. The van der Waals surface area contributed by atoms with Crippen molar-refractivity contribution in [2.24, 2.45) is 0 Å². The van der Waals surface area contributed by atoms with Crippen molar-refractivity contribution in [2.75, 3.05) is 18.0 Å². The van der Waals surface area contributed by atoms with E-state index in [4.69, 9.17) is 11.6 Å². The molecule has 0 amide bonds. The molecule has 4 rings (SSSR count). The van der Waals surface area contributed by atoms with Crippen LogP contribution in [0.1, 0.15) is 37.0 Å². The molecule has 0 unspecified atom stereocenters. The van der Waals surface area contributed by atoms with Crippen molar-refractivity contribution in [2.45, 2.75) is 56.3 Å². The fourth-order valence-electron chi connectivity index (χ4n) is 4.86. The van der Waals surface area contributed by atoms with Gasteiger partial charge in [0.1, 0.15) is 0 Å². The van der Waals surface area contributed by atoms with E-state index in [-0.39, 0.29) is 17.1 Å². The second-order valence-corrected chi connectivity index (χ2v) is 10.6. The van der Waals surface area contributed by atoms with Crippen LogP contribution < -0.4 is 4.90 Å². The van der Waals surface area contributed by atoms with Gasteiger partial charge in [-0.05, 0) is 68.5 Å². The molecule has 4 nitrogen and oxygen atoms in total. The maximum absolute atomic E-state index is 13.6. The van der Waals surface area contributed by atoms with Crippen molar-refractivity contribution < 1.29 is 21.6 Å². The molecule has 0 bridgehead atoms. The summed E-state index contributed by atoms with van der Waals surface area (Å²) >= 11 is 5.89. The number of fused-ring (bicyclic) bond motifs is 1. The minimum Gasteiger partial charge on any atom is -0.368 e. The number of aryl methyl sites for hydroxylation is 1. The molecule has 168 valence electrons. The molecule has 1 fully saturated rings. The Bertz CT molecular complexity index is 1090. The highest BCUT2D eigenvalue weighted by molar-refractivity contribution is 7.89. The van der Waals surface area contributed by atoms with E-state index in [9.17, 15) is 21.6 Å². The van der Waals surface area contributed by atoms with Crippen molar-refractivity contribution in [3.05, 3.63) is 58.1 Å². The van der Waals surface area contributed by atoms with Gasteiger partial charge in [0.2, 0.25) is 10.0 Å². The number of halogens is 4. The maximum Gasteiger partial charge on any atom is 0.417 e. The number of nitrogens with zero attached hydrogens (tertiary/aromatic N) is 2. The topological polar surface area (TPSA) is 40.6 Å². The lowest BCUT2D eigenvalue weighted by Crippen LogP contribution is -2.58. The Hall–Kier alpha value is -1.77. The number of benzene rings is 2. The van der Waals surface area contributed by atoms with E-state index in [1.54, 1.807) is 16.4 Å². The molecule has 0 N–H and O–H groups in total. The average Bonchev–Trinajstić information content (AvgIpc) is 3.14.